The van der Waals surface area contributed by atoms with Gasteiger partial charge in [0.1, 0.15) is 29.9 Å². The summed E-state index contributed by atoms with van der Waals surface area (Å²) < 4.78 is 26.1. The average molecular weight is 935 g/mol. The highest BCUT2D eigenvalue weighted by Gasteiger charge is 2.43. The topological polar surface area (TPSA) is 176 Å². The number of ether oxygens (including phenoxy) is 2. The summed E-state index contributed by atoms with van der Waals surface area (Å²) in [6.07, 6.45) is 6.65. The Hall–Kier alpha value is -6.26. The number of rotatable bonds is 12. The monoisotopic (exact) mass is 935 g/mol. The summed E-state index contributed by atoms with van der Waals surface area (Å²) >= 11 is 0. The van der Waals surface area contributed by atoms with Crippen LogP contribution >= 0.6 is 0 Å². The van der Waals surface area contributed by atoms with Crippen molar-refractivity contribution in [2.75, 3.05) is 60.8 Å². The van der Waals surface area contributed by atoms with Crippen LogP contribution in [0.2, 0.25) is 0 Å². The highest BCUT2D eigenvalue weighted by molar-refractivity contribution is 5.88. The molecule has 4 aromatic rings. The molecule has 0 radical (unpaired) electrons. The second-order valence-electron chi connectivity index (χ2n) is 19.8. The van der Waals surface area contributed by atoms with Gasteiger partial charge in [-0.05, 0) is 123 Å². The van der Waals surface area contributed by atoms with Crippen LogP contribution in [0.1, 0.15) is 121 Å². The fourth-order valence-corrected chi connectivity index (χ4v) is 11.3. The number of methoxy groups -OCH3 is 2. The maximum absolute atomic E-state index is 16.4. The van der Waals surface area contributed by atoms with Crippen molar-refractivity contribution < 1.29 is 33.0 Å². The van der Waals surface area contributed by atoms with Gasteiger partial charge in [-0.15, -0.1) is 0 Å². The molecule has 68 heavy (non-hydrogen) atoms. The molecule has 4 amide bonds. The SMILES string of the molecule is COC(=O)N[C@H](C(=O)N1CCC[C@H]1c1nc2ccc([C@@H]3CC[C@@H](c4ccc5c(c4)NC([C@@H]4CCCN4C(=O)[C@@H](NC(=O)OC)C(C)C)N5)N3c3ccc(N4CCCCC4)c(F)c3)cc2[nH]1)C(C)C. The molecule has 364 valence electrons. The molecule has 4 fully saturated rings. The molecule has 5 N–H and O–H groups in total. The molecule has 3 aromatic carbocycles. The van der Waals surface area contributed by atoms with Gasteiger partial charge in [0.15, 0.2) is 0 Å². The standard InChI is InChI=1S/C51H67FN10O6/c1-29(2)44(57-50(65)67-5)48(63)60-24-10-12-42(60)46-53-35-17-14-31(26-37(35)55-46)39-20-21-40(62(39)33-16-19-41(34(52)28-33)59-22-8-7-9-23-59)32-15-18-36-38(27-32)56-47(54-36)43-13-11-25-61(43)49(64)45(30(3)4)58-51(66)68-6/h14-19,26-30,39-40,42-46,53,55H,7-13,20-25H2,1-6H3,(H,54,56)(H,57,65)(H,58,66)/t39-,40-,42-,43-,44-,45-,46?/m0/s1. The molecular formula is C51H67FN10O6. The minimum atomic E-state index is -0.729. The Morgan fingerprint density at radius 3 is 1.96 bits per heavy atom. The zero-order valence-corrected chi connectivity index (χ0v) is 40.1. The number of aromatic nitrogens is 2. The van der Waals surface area contributed by atoms with Crippen molar-refractivity contribution >= 4 is 57.8 Å². The van der Waals surface area contributed by atoms with E-state index in [0.29, 0.717) is 24.6 Å². The van der Waals surface area contributed by atoms with E-state index in [2.05, 4.69) is 72.4 Å². The van der Waals surface area contributed by atoms with Crippen LogP contribution in [-0.2, 0) is 19.1 Å². The lowest BCUT2D eigenvalue weighted by atomic mass is 10.0. The van der Waals surface area contributed by atoms with Crippen LogP contribution in [0.15, 0.2) is 54.6 Å². The molecule has 0 spiro atoms. The third-order valence-corrected chi connectivity index (χ3v) is 14.9. The van der Waals surface area contributed by atoms with Crippen molar-refractivity contribution in [1.29, 1.82) is 0 Å². The molecule has 7 atom stereocenters. The molecule has 4 saturated heterocycles. The fraction of sp³-hybridized carbons (Fsp3) is 0.549. The third kappa shape index (κ3) is 9.19. The molecule has 0 aliphatic carbocycles. The zero-order valence-electron chi connectivity index (χ0n) is 40.1. The molecule has 5 aliphatic rings. The molecule has 6 heterocycles. The molecule has 5 aliphatic heterocycles. The van der Waals surface area contributed by atoms with Gasteiger partial charge in [-0.3, -0.25) is 9.59 Å². The summed E-state index contributed by atoms with van der Waals surface area (Å²) in [4.78, 5) is 69.1. The summed E-state index contributed by atoms with van der Waals surface area (Å²) in [7, 11) is 2.59. The maximum Gasteiger partial charge on any atom is 0.407 e. The van der Waals surface area contributed by atoms with Crippen molar-refractivity contribution in [3.63, 3.8) is 0 Å². The lowest BCUT2D eigenvalue weighted by Crippen LogP contribution is -2.56. The van der Waals surface area contributed by atoms with Gasteiger partial charge >= 0.3 is 12.2 Å². The number of anilines is 4. The van der Waals surface area contributed by atoms with E-state index < -0.39 is 24.3 Å². The number of piperidine rings is 1. The van der Waals surface area contributed by atoms with Crippen LogP contribution in [0, 0.1) is 17.7 Å². The van der Waals surface area contributed by atoms with Crippen LogP contribution in [0.5, 0.6) is 0 Å². The van der Waals surface area contributed by atoms with Crippen molar-refractivity contribution in [3.05, 3.63) is 77.4 Å². The minimum absolute atomic E-state index is 0.0780. The average Bonchev–Trinajstić information content (AvgIpc) is 4.20. The van der Waals surface area contributed by atoms with Gasteiger partial charge in [-0.25, -0.2) is 19.0 Å². The number of imidazole rings is 1. The number of hydrogen-bond acceptors (Lipinski definition) is 11. The van der Waals surface area contributed by atoms with Crippen LogP contribution in [0.3, 0.4) is 0 Å². The van der Waals surface area contributed by atoms with Gasteiger partial charge in [0.25, 0.3) is 0 Å². The minimum Gasteiger partial charge on any atom is -0.453 e. The molecule has 17 heteroatoms. The first-order chi connectivity index (χ1) is 32.8. The Morgan fingerprint density at radius 1 is 0.676 bits per heavy atom. The van der Waals surface area contributed by atoms with Gasteiger partial charge in [0.05, 0.1) is 66.5 Å². The molecule has 16 nitrogen and oxygen atoms in total. The predicted octanol–water partition coefficient (Wildman–Crippen LogP) is 8.35. The number of aromatic amines is 1. The Labute approximate surface area is 398 Å². The van der Waals surface area contributed by atoms with E-state index in [1.807, 2.05) is 49.6 Å². The molecule has 0 bridgehead atoms. The third-order valence-electron chi connectivity index (χ3n) is 14.9. The van der Waals surface area contributed by atoms with Crippen LogP contribution in [-0.4, -0.2) is 108 Å². The summed E-state index contributed by atoms with van der Waals surface area (Å²) in [6, 6.07) is 16.5. The first-order valence-electron chi connectivity index (χ1n) is 24.6. The van der Waals surface area contributed by atoms with E-state index in [9.17, 15) is 19.2 Å². The second-order valence-corrected chi connectivity index (χ2v) is 19.8. The predicted molar refractivity (Wildman–Crippen MR) is 260 cm³/mol. The van der Waals surface area contributed by atoms with E-state index in [-0.39, 0.29) is 59.8 Å². The quantitative estimate of drug-likeness (QED) is 0.0923. The number of likely N-dealkylation sites (tertiary alicyclic amines) is 2. The number of nitrogens with one attached hydrogen (secondary N) is 5. The van der Waals surface area contributed by atoms with E-state index in [1.54, 1.807) is 6.07 Å². The number of carbonyl (C=O) groups excluding carboxylic acids is 4. The Balaban J connectivity index is 0.992. The fourth-order valence-electron chi connectivity index (χ4n) is 11.3. The molecule has 1 aromatic heterocycles. The molecule has 0 saturated carbocycles. The molecule has 1 unspecified atom stereocenters. The summed E-state index contributed by atoms with van der Waals surface area (Å²) in [5.41, 5.74) is 7.18. The molecular weight excluding hydrogens is 868 g/mol. The largest absolute Gasteiger partial charge is 0.453 e. The number of nitrogens with zero attached hydrogens (tertiary/aromatic N) is 5. The summed E-state index contributed by atoms with van der Waals surface area (Å²) in [6.45, 7) is 10.5. The molecule has 9 rings (SSSR count). The van der Waals surface area contributed by atoms with Crippen LogP contribution in [0.4, 0.5) is 36.7 Å². The Bertz CT molecular complexity index is 2510. The van der Waals surface area contributed by atoms with E-state index >= 15 is 4.39 Å². The maximum atomic E-state index is 16.4. The van der Waals surface area contributed by atoms with E-state index in [4.69, 9.17) is 14.5 Å². The highest BCUT2D eigenvalue weighted by Crippen LogP contribution is 2.49. The Morgan fingerprint density at radius 2 is 1.29 bits per heavy atom. The summed E-state index contributed by atoms with van der Waals surface area (Å²) in [5.74, 6) is -0.0595. The van der Waals surface area contributed by atoms with Crippen molar-refractivity contribution in [2.24, 2.45) is 11.8 Å². The highest BCUT2D eigenvalue weighted by atomic mass is 19.1. The van der Waals surface area contributed by atoms with Gasteiger partial charge in [0, 0.05) is 31.9 Å². The lowest BCUT2D eigenvalue weighted by Gasteiger charge is -2.35. The van der Waals surface area contributed by atoms with E-state index in [0.717, 1.165) is 110 Å². The Kier molecular flexibility index (Phi) is 13.6. The number of H-pyrrole nitrogens is 1. The number of benzene rings is 3. The number of carbonyl (C=O) groups is 4. The van der Waals surface area contributed by atoms with Crippen molar-refractivity contribution in [1.82, 2.24) is 30.4 Å². The first kappa shape index (κ1) is 46.8. The smallest absolute Gasteiger partial charge is 0.407 e. The first-order valence-corrected chi connectivity index (χ1v) is 24.6. The number of amides is 4. The lowest BCUT2D eigenvalue weighted by molar-refractivity contribution is -0.136. The number of halogens is 1. The van der Waals surface area contributed by atoms with Gasteiger partial charge in [0.2, 0.25) is 11.8 Å². The number of hydrogen-bond donors (Lipinski definition) is 5. The van der Waals surface area contributed by atoms with Crippen LogP contribution < -0.4 is 31.1 Å². The van der Waals surface area contributed by atoms with Gasteiger partial charge in [-0.1, -0.05) is 39.8 Å². The second kappa shape index (κ2) is 19.8. The zero-order chi connectivity index (χ0) is 47.8. The van der Waals surface area contributed by atoms with Crippen molar-refractivity contribution in [2.45, 2.75) is 128 Å². The summed E-state index contributed by atoms with van der Waals surface area (Å²) in [5, 5.41) is 12.8. The van der Waals surface area contributed by atoms with Crippen LogP contribution in [0.25, 0.3) is 11.0 Å². The van der Waals surface area contributed by atoms with Crippen molar-refractivity contribution in [3.8, 4) is 0 Å². The van der Waals surface area contributed by atoms with Gasteiger partial charge in [-0.2, -0.15) is 0 Å². The number of alkyl carbamates (subject to hydrolysis) is 2. The number of fused-ring (bicyclic) bond motifs is 2. The van der Waals surface area contributed by atoms with Gasteiger partial charge < -0.3 is 55.3 Å². The normalized spacial score (nSPS) is 23.4. The van der Waals surface area contributed by atoms with E-state index in [1.165, 1.54) is 14.2 Å².